The second-order valence-electron chi connectivity index (χ2n) is 6.90. The summed E-state index contributed by atoms with van der Waals surface area (Å²) in [5, 5.41) is 24.7. The van der Waals surface area contributed by atoms with Gasteiger partial charge in [0, 0.05) is 19.2 Å². The van der Waals surface area contributed by atoms with Crippen LogP contribution in [0.5, 0.6) is 0 Å². The predicted octanol–water partition coefficient (Wildman–Crippen LogP) is 1.38. The van der Waals surface area contributed by atoms with Crippen LogP contribution in [0.15, 0.2) is 12.1 Å². The highest BCUT2D eigenvalue weighted by Gasteiger charge is 2.43. The summed E-state index contributed by atoms with van der Waals surface area (Å²) in [7, 11) is 0. The zero-order valence-corrected chi connectivity index (χ0v) is 14.7. The normalized spacial score (nSPS) is 22.6. The van der Waals surface area contributed by atoms with Gasteiger partial charge in [-0.15, -0.1) is 0 Å². The van der Waals surface area contributed by atoms with Crippen molar-refractivity contribution < 1.29 is 23.8 Å². The molecule has 0 unspecified atom stereocenters. The summed E-state index contributed by atoms with van der Waals surface area (Å²) in [4.78, 5) is 28.0. The SMILES string of the molecule is CC(C)(C)OC(=O)Nc1ccc(NC(=O)[C@@]2(O)C[C@@H](F)CN2)nc1C=N. The maximum absolute atomic E-state index is 13.2. The van der Waals surface area contributed by atoms with Gasteiger partial charge in [0.2, 0.25) is 0 Å². The van der Waals surface area contributed by atoms with Crippen molar-refractivity contribution in [3.8, 4) is 0 Å². The van der Waals surface area contributed by atoms with E-state index in [4.69, 9.17) is 10.1 Å². The first-order valence-corrected chi connectivity index (χ1v) is 7.97. The van der Waals surface area contributed by atoms with Gasteiger partial charge in [0.1, 0.15) is 23.3 Å². The van der Waals surface area contributed by atoms with Gasteiger partial charge in [-0.25, -0.2) is 14.2 Å². The summed E-state index contributed by atoms with van der Waals surface area (Å²) in [6.45, 7) is 5.02. The molecule has 0 saturated carbocycles. The van der Waals surface area contributed by atoms with E-state index < -0.39 is 29.5 Å². The average molecular weight is 367 g/mol. The number of aliphatic hydroxyl groups is 1. The van der Waals surface area contributed by atoms with Crippen molar-refractivity contribution in [2.75, 3.05) is 17.2 Å². The van der Waals surface area contributed by atoms with Gasteiger partial charge >= 0.3 is 6.09 Å². The molecule has 10 heteroatoms. The van der Waals surface area contributed by atoms with Crippen LogP contribution in [0.25, 0.3) is 0 Å². The van der Waals surface area contributed by atoms with Gasteiger partial charge in [0.25, 0.3) is 5.91 Å². The molecule has 2 atom stereocenters. The van der Waals surface area contributed by atoms with Crippen molar-refractivity contribution in [2.45, 2.75) is 44.7 Å². The second kappa shape index (κ2) is 7.34. The van der Waals surface area contributed by atoms with Crippen molar-refractivity contribution in [1.82, 2.24) is 10.3 Å². The Bertz CT molecular complexity index is 721. The minimum Gasteiger partial charge on any atom is -0.444 e. The molecule has 2 heterocycles. The first-order chi connectivity index (χ1) is 12.0. The number of alkyl halides is 1. The van der Waals surface area contributed by atoms with Gasteiger partial charge in [-0.1, -0.05) is 0 Å². The number of anilines is 2. The first-order valence-electron chi connectivity index (χ1n) is 7.97. The van der Waals surface area contributed by atoms with Gasteiger partial charge in [0.05, 0.1) is 5.69 Å². The Morgan fingerprint density at radius 2 is 2.15 bits per heavy atom. The Labute approximate surface area is 149 Å². The van der Waals surface area contributed by atoms with Crippen LogP contribution in [0.3, 0.4) is 0 Å². The van der Waals surface area contributed by atoms with Crippen LogP contribution < -0.4 is 16.0 Å². The molecular formula is C16H22FN5O4. The molecule has 0 aliphatic carbocycles. The number of rotatable bonds is 4. The van der Waals surface area contributed by atoms with E-state index in [1.807, 2.05) is 0 Å². The molecule has 1 fully saturated rings. The molecule has 0 radical (unpaired) electrons. The molecule has 1 saturated heterocycles. The summed E-state index contributed by atoms with van der Waals surface area (Å²) < 4.78 is 18.4. The third-order valence-corrected chi connectivity index (χ3v) is 3.45. The number of ether oxygens (including phenoxy) is 1. The summed E-state index contributed by atoms with van der Waals surface area (Å²) in [6.07, 6.45) is -1.51. The Balaban J connectivity index is 2.09. The van der Waals surface area contributed by atoms with E-state index in [9.17, 15) is 19.1 Å². The lowest BCUT2D eigenvalue weighted by molar-refractivity contribution is -0.136. The number of pyridine rings is 1. The fourth-order valence-electron chi connectivity index (χ4n) is 2.31. The number of carbonyl (C=O) groups excluding carboxylic acids is 2. The summed E-state index contributed by atoms with van der Waals surface area (Å²) in [5.74, 6) is -0.810. The number of nitrogens with zero attached hydrogens (tertiary/aromatic N) is 1. The maximum Gasteiger partial charge on any atom is 0.412 e. The Hall–Kier alpha value is -2.59. The van der Waals surface area contributed by atoms with Gasteiger partial charge < -0.3 is 20.6 Å². The molecule has 0 spiro atoms. The largest absolute Gasteiger partial charge is 0.444 e. The second-order valence-corrected chi connectivity index (χ2v) is 6.90. The smallest absolute Gasteiger partial charge is 0.412 e. The van der Waals surface area contributed by atoms with E-state index in [2.05, 4.69) is 20.9 Å². The lowest BCUT2D eigenvalue weighted by Crippen LogP contribution is -2.50. The van der Waals surface area contributed by atoms with Gasteiger partial charge in [-0.05, 0) is 32.9 Å². The van der Waals surface area contributed by atoms with E-state index >= 15 is 0 Å². The molecule has 5 N–H and O–H groups in total. The summed E-state index contributed by atoms with van der Waals surface area (Å²) in [5.41, 5.74) is -2.41. The van der Waals surface area contributed by atoms with Gasteiger partial charge in [-0.2, -0.15) is 0 Å². The van der Waals surface area contributed by atoms with Crippen molar-refractivity contribution >= 4 is 29.7 Å². The van der Waals surface area contributed by atoms with Crippen LogP contribution in [0.4, 0.5) is 20.7 Å². The Kier molecular flexibility index (Phi) is 5.57. The van der Waals surface area contributed by atoms with E-state index in [0.29, 0.717) is 0 Å². The molecule has 0 aromatic carbocycles. The zero-order chi connectivity index (χ0) is 19.5. The third kappa shape index (κ3) is 4.96. The highest BCUT2D eigenvalue weighted by atomic mass is 19.1. The van der Waals surface area contributed by atoms with E-state index in [1.54, 1.807) is 20.8 Å². The molecule has 142 valence electrons. The number of halogens is 1. The molecule has 2 amide bonds. The summed E-state index contributed by atoms with van der Waals surface area (Å²) >= 11 is 0. The molecule has 0 bridgehead atoms. The molecule has 26 heavy (non-hydrogen) atoms. The molecule has 1 aliphatic heterocycles. The van der Waals surface area contributed by atoms with Crippen LogP contribution in [-0.4, -0.2) is 52.3 Å². The van der Waals surface area contributed by atoms with Gasteiger partial charge in [-0.3, -0.25) is 15.4 Å². The number of amides is 2. The topological polar surface area (TPSA) is 136 Å². The molecule has 1 aromatic rings. The Morgan fingerprint density at radius 1 is 1.46 bits per heavy atom. The summed E-state index contributed by atoms with van der Waals surface area (Å²) in [6, 6.07) is 2.81. The monoisotopic (exact) mass is 367 g/mol. The molecule has 1 aliphatic rings. The van der Waals surface area contributed by atoms with Crippen molar-refractivity contribution in [1.29, 1.82) is 5.41 Å². The zero-order valence-electron chi connectivity index (χ0n) is 14.7. The fourth-order valence-corrected chi connectivity index (χ4v) is 2.31. The lowest BCUT2D eigenvalue weighted by Gasteiger charge is -2.21. The minimum absolute atomic E-state index is 0.0424. The van der Waals surface area contributed by atoms with Crippen LogP contribution in [-0.2, 0) is 9.53 Å². The first kappa shape index (κ1) is 19.7. The number of aromatic nitrogens is 1. The van der Waals surface area contributed by atoms with Crippen molar-refractivity contribution in [3.63, 3.8) is 0 Å². The number of nitrogens with one attached hydrogen (secondary N) is 4. The Morgan fingerprint density at radius 3 is 2.69 bits per heavy atom. The molecular weight excluding hydrogens is 345 g/mol. The van der Waals surface area contributed by atoms with Crippen molar-refractivity contribution in [3.05, 3.63) is 17.8 Å². The van der Waals surface area contributed by atoms with E-state index in [1.165, 1.54) is 12.1 Å². The van der Waals surface area contributed by atoms with E-state index in [-0.39, 0.29) is 30.2 Å². The van der Waals surface area contributed by atoms with Crippen molar-refractivity contribution in [2.24, 2.45) is 0 Å². The number of hydrogen-bond donors (Lipinski definition) is 5. The fraction of sp³-hybridized carbons (Fsp3) is 0.500. The maximum atomic E-state index is 13.2. The van der Waals surface area contributed by atoms with E-state index in [0.717, 1.165) is 6.21 Å². The molecule has 1 aromatic heterocycles. The van der Waals surface area contributed by atoms with Crippen LogP contribution in [0, 0.1) is 5.41 Å². The van der Waals surface area contributed by atoms with Crippen LogP contribution in [0.2, 0.25) is 0 Å². The lowest BCUT2D eigenvalue weighted by atomic mass is 10.1. The predicted molar refractivity (Wildman–Crippen MR) is 93.1 cm³/mol. The minimum atomic E-state index is -2.01. The molecule has 2 rings (SSSR count). The quantitative estimate of drug-likeness (QED) is 0.510. The number of carbonyl (C=O) groups is 2. The van der Waals surface area contributed by atoms with Crippen LogP contribution in [0.1, 0.15) is 32.9 Å². The van der Waals surface area contributed by atoms with Crippen LogP contribution >= 0.6 is 0 Å². The average Bonchev–Trinajstić information content (AvgIpc) is 2.87. The molecule has 9 nitrogen and oxygen atoms in total. The third-order valence-electron chi connectivity index (χ3n) is 3.45. The number of hydrogen-bond acceptors (Lipinski definition) is 7. The standard InChI is InChI=1S/C16H22FN5O4/c1-15(2,3)26-14(24)21-10-4-5-12(20-11(10)7-18)22-13(23)16(25)6-9(17)8-19-16/h4-5,7,9,18-19,25H,6,8H2,1-3H3,(H,21,24)(H,20,22,23)/t9-,16+/m1/s1. The van der Waals surface area contributed by atoms with Gasteiger partial charge in [0.15, 0.2) is 5.72 Å². The highest BCUT2D eigenvalue weighted by molar-refractivity contribution is 5.98. The highest BCUT2D eigenvalue weighted by Crippen LogP contribution is 2.22.